The molecule has 1 fully saturated rings. The van der Waals surface area contributed by atoms with Crippen LogP contribution in [-0.2, 0) is 0 Å². The first kappa shape index (κ1) is 35.0. The van der Waals surface area contributed by atoms with Gasteiger partial charge in [-0.2, -0.15) is 0 Å². The van der Waals surface area contributed by atoms with Crippen molar-refractivity contribution >= 4 is 74.2 Å². The molecule has 260 valence electrons. The third-order valence-corrected chi connectivity index (χ3v) is 11.4. The van der Waals surface area contributed by atoms with Crippen LogP contribution in [0.1, 0.15) is 51.7 Å². The first-order chi connectivity index (χ1) is 24.9. The van der Waals surface area contributed by atoms with Crippen LogP contribution in [0.25, 0.3) is 0 Å². The van der Waals surface area contributed by atoms with Gasteiger partial charge in [-0.25, -0.2) is 9.98 Å². The minimum absolute atomic E-state index is 0.0590. The number of hydrogen-bond acceptors (Lipinski definition) is 8. The summed E-state index contributed by atoms with van der Waals surface area (Å²) in [6.45, 7) is 9.20. The molecule has 2 N–H and O–H groups in total. The summed E-state index contributed by atoms with van der Waals surface area (Å²) < 4.78 is 0. The third kappa shape index (κ3) is 8.07. The van der Waals surface area contributed by atoms with Crippen molar-refractivity contribution in [3.05, 3.63) is 129 Å². The zero-order chi connectivity index (χ0) is 35.3. The number of nitrogens with one attached hydrogen (secondary N) is 2. The molecule has 0 radical (unpaired) electrons. The number of fused-ring (bicyclic) bond motifs is 4. The number of para-hydroxylation sites is 2. The number of amides is 1. The first-order valence-corrected chi connectivity index (χ1v) is 19.4. The summed E-state index contributed by atoms with van der Waals surface area (Å²) in [5.41, 5.74) is 7.74. The van der Waals surface area contributed by atoms with Gasteiger partial charge in [-0.15, -0.1) is 11.3 Å². The van der Waals surface area contributed by atoms with Crippen molar-refractivity contribution in [3.8, 4) is 0 Å². The summed E-state index contributed by atoms with van der Waals surface area (Å²) in [6, 6.07) is 32.2. The summed E-state index contributed by atoms with van der Waals surface area (Å²) in [7, 11) is 2.18. The van der Waals surface area contributed by atoms with Crippen LogP contribution < -0.4 is 10.6 Å². The molecule has 3 aliphatic rings. The Labute approximate surface area is 313 Å². The van der Waals surface area contributed by atoms with Gasteiger partial charge in [-0.3, -0.25) is 4.79 Å². The quantitative estimate of drug-likeness (QED) is 0.173. The van der Waals surface area contributed by atoms with Crippen LogP contribution >= 0.6 is 34.7 Å². The normalized spacial score (nSPS) is 14.9. The molecule has 1 aromatic heterocycles. The van der Waals surface area contributed by atoms with Crippen molar-refractivity contribution in [3.63, 3.8) is 0 Å². The molecule has 0 saturated carbocycles. The van der Waals surface area contributed by atoms with E-state index in [4.69, 9.17) is 21.6 Å². The number of unbranched alkanes of at least 4 members (excludes halogenated alkanes) is 1. The molecule has 3 aliphatic heterocycles. The number of piperazine rings is 1. The Morgan fingerprint density at radius 2 is 1.63 bits per heavy atom. The van der Waals surface area contributed by atoms with Crippen LogP contribution in [0.2, 0.25) is 5.02 Å². The largest absolute Gasteiger partial charge is 0.353 e. The Kier molecular flexibility index (Phi) is 10.9. The Bertz CT molecular complexity index is 2100. The van der Waals surface area contributed by atoms with Gasteiger partial charge in [0.05, 0.1) is 28.3 Å². The molecule has 4 heterocycles. The van der Waals surface area contributed by atoms with Gasteiger partial charge in [-0.1, -0.05) is 79.2 Å². The van der Waals surface area contributed by atoms with Crippen LogP contribution in [-0.4, -0.2) is 67.0 Å². The van der Waals surface area contributed by atoms with Gasteiger partial charge in [-0.05, 0) is 75.0 Å². The van der Waals surface area contributed by atoms with E-state index in [1.165, 1.54) is 15.4 Å². The van der Waals surface area contributed by atoms with Crippen LogP contribution in [0.4, 0.5) is 22.1 Å². The minimum Gasteiger partial charge on any atom is -0.353 e. The molecule has 0 bridgehead atoms. The van der Waals surface area contributed by atoms with E-state index in [2.05, 4.69) is 83.8 Å². The standard InChI is InChI=1S/C24H21ClN2OS.C17H20N4S/c1-2-3-14-26-24(28)17-10-13-22-20(15-17)27-23(16-8-11-18(25)12-9-16)19-6-4-5-7-21(19)29-22;1-12-11-13-16(21-9-7-20(2)8-10-21)18-14-5-3-4-6-15(14)19-17(13)22-12/h4-13,15H,2-3,14H2,1H3,(H,26,28);3-6,11,19H,7-10H2,1-2H3. The van der Waals surface area contributed by atoms with Crippen LogP contribution in [0.15, 0.2) is 117 Å². The molecule has 5 aromatic rings. The van der Waals surface area contributed by atoms with Crippen LogP contribution in [0.5, 0.6) is 0 Å². The van der Waals surface area contributed by atoms with Crippen LogP contribution in [0.3, 0.4) is 0 Å². The Hall–Kier alpha value is -4.41. The average molecular weight is 733 g/mol. The van der Waals surface area contributed by atoms with Crippen LogP contribution in [0, 0.1) is 6.92 Å². The van der Waals surface area contributed by atoms with E-state index < -0.39 is 0 Å². The monoisotopic (exact) mass is 732 g/mol. The number of likely N-dealkylation sites (N-methyl/N-ethyl adjacent to an activating group) is 1. The van der Waals surface area contributed by atoms with E-state index in [1.807, 2.05) is 54.6 Å². The van der Waals surface area contributed by atoms with Crippen molar-refractivity contribution < 1.29 is 4.79 Å². The fourth-order valence-corrected chi connectivity index (χ4v) is 8.25. The van der Waals surface area contributed by atoms with Gasteiger partial charge in [0.15, 0.2) is 0 Å². The lowest BCUT2D eigenvalue weighted by atomic mass is 10.0. The van der Waals surface area contributed by atoms with Gasteiger partial charge >= 0.3 is 0 Å². The second kappa shape index (κ2) is 15.9. The maximum Gasteiger partial charge on any atom is 0.251 e. The minimum atomic E-state index is -0.0590. The summed E-state index contributed by atoms with van der Waals surface area (Å²) >= 11 is 9.56. The third-order valence-electron chi connectivity index (χ3n) is 9.03. The molecular weight excluding hydrogens is 692 g/mol. The van der Waals surface area contributed by atoms with Crippen molar-refractivity contribution in [1.82, 2.24) is 15.1 Å². The number of rotatable bonds is 5. The lowest BCUT2D eigenvalue weighted by Gasteiger charge is -2.34. The lowest BCUT2D eigenvalue weighted by molar-refractivity contribution is 0.0953. The summed E-state index contributed by atoms with van der Waals surface area (Å²) in [5.74, 6) is 1.06. The molecule has 0 unspecified atom stereocenters. The maximum absolute atomic E-state index is 12.5. The molecule has 10 heteroatoms. The Morgan fingerprint density at radius 1 is 0.863 bits per heavy atom. The number of carbonyl (C=O) groups excluding carboxylic acids is 1. The van der Waals surface area contributed by atoms with Crippen molar-refractivity contribution in [2.45, 2.75) is 36.5 Å². The highest BCUT2D eigenvalue weighted by Gasteiger charge is 2.25. The molecule has 1 saturated heterocycles. The van der Waals surface area contributed by atoms with E-state index in [0.717, 1.165) is 88.5 Å². The van der Waals surface area contributed by atoms with E-state index in [-0.39, 0.29) is 5.91 Å². The number of carbonyl (C=O) groups is 1. The number of benzene rings is 4. The summed E-state index contributed by atoms with van der Waals surface area (Å²) in [5, 5.41) is 8.45. The number of amidine groups is 1. The molecule has 0 aliphatic carbocycles. The maximum atomic E-state index is 12.5. The number of halogens is 1. The van der Waals surface area contributed by atoms with Crippen molar-refractivity contribution in [2.24, 2.45) is 9.98 Å². The first-order valence-electron chi connectivity index (χ1n) is 17.4. The van der Waals surface area contributed by atoms with Gasteiger partial charge in [0.25, 0.3) is 5.91 Å². The lowest BCUT2D eigenvalue weighted by Crippen LogP contribution is -2.47. The van der Waals surface area contributed by atoms with Gasteiger partial charge < -0.3 is 20.4 Å². The highest BCUT2D eigenvalue weighted by atomic mass is 35.5. The molecule has 8 rings (SSSR count). The number of nitrogens with zero attached hydrogens (tertiary/aromatic N) is 4. The number of aliphatic imine (C=N–C) groups is 2. The highest BCUT2D eigenvalue weighted by molar-refractivity contribution is 7.99. The summed E-state index contributed by atoms with van der Waals surface area (Å²) in [6.07, 6.45) is 2.02. The van der Waals surface area contributed by atoms with E-state index in [0.29, 0.717) is 17.1 Å². The fourth-order valence-electron chi connectivity index (χ4n) is 6.20. The SMILES string of the molecule is CCCCNC(=O)c1ccc2c(c1)N=C(c1ccc(Cl)cc1)c1ccccc1S2.Cc1cc2c(s1)Nc1ccccc1N=C2N1CCN(C)CC1. The van der Waals surface area contributed by atoms with E-state index in [9.17, 15) is 4.79 Å². The van der Waals surface area contributed by atoms with Crippen molar-refractivity contribution in [2.75, 3.05) is 45.1 Å². The molecule has 0 spiro atoms. The molecule has 1 amide bonds. The predicted octanol–water partition coefficient (Wildman–Crippen LogP) is 9.94. The topological polar surface area (TPSA) is 72.3 Å². The number of thiophene rings is 1. The zero-order valence-corrected chi connectivity index (χ0v) is 31.5. The zero-order valence-electron chi connectivity index (χ0n) is 29.1. The molecule has 7 nitrogen and oxygen atoms in total. The van der Waals surface area contributed by atoms with Crippen molar-refractivity contribution in [1.29, 1.82) is 0 Å². The summed E-state index contributed by atoms with van der Waals surface area (Å²) in [4.78, 5) is 30.8. The Morgan fingerprint density at radius 3 is 2.43 bits per heavy atom. The number of hydrogen-bond donors (Lipinski definition) is 2. The van der Waals surface area contributed by atoms with Gasteiger partial charge in [0, 0.05) is 69.1 Å². The second-order valence-corrected chi connectivity index (χ2v) is 15.6. The van der Waals surface area contributed by atoms with E-state index in [1.54, 1.807) is 23.1 Å². The van der Waals surface area contributed by atoms with Gasteiger partial charge in [0.1, 0.15) is 10.8 Å². The Balaban J connectivity index is 0.000000165. The van der Waals surface area contributed by atoms with E-state index >= 15 is 0 Å². The molecular formula is C41H41ClN6OS2. The molecule has 51 heavy (non-hydrogen) atoms. The number of anilines is 2. The fraction of sp³-hybridized carbons (Fsp3) is 0.244. The smallest absolute Gasteiger partial charge is 0.251 e. The molecule has 0 atom stereocenters. The molecule has 4 aromatic carbocycles. The van der Waals surface area contributed by atoms with Gasteiger partial charge in [0.2, 0.25) is 0 Å². The predicted molar refractivity (Wildman–Crippen MR) is 215 cm³/mol. The average Bonchev–Trinajstić information content (AvgIpc) is 3.32. The second-order valence-electron chi connectivity index (χ2n) is 12.8. The number of aryl methyl sites for hydroxylation is 1. The highest BCUT2D eigenvalue weighted by Crippen LogP contribution is 2.42.